The van der Waals surface area contributed by atoms with Crippen molar-refractivity contribution in [1.29, 1.82) is 0 Å². The first-order chi connectivity index (χ1) is 9.10. The number of benzene rings is 1. The number of aromatic hydroxyl groups is 1. The van der Waals surface area contributed by atoms with Crippen LogP contribution in [0.2, 0.25) is 0 Å². The number of phenols is 1. The van der Waals surface area contributed by atoms with E-state index >= 15 is 0 Å². The van der Waals surface area contributed by atoms with Gasteiger partial charge in [0.05, 0.1) is 12.7 Å². The Morgan fingerprint density at radius 1 is 1.53 bits per heavy atom. The van der Waals surface area contributed by atoms with Crippen molar-refractivity contribution < 1.29 is 14.6 Å². The van der Waals surface area contributed by atoms with E-state index in [1.54, 1.807) is 6.07 Å². The molecule has 0 bridgehead atoms. The molecule has 5 heteroatoms. The molecule has 0 aliphatic heterocycles. The maximum atomic E-state index is 12.1. The van der Waals surface area contributed by atoms with Crippen molar-refractivity contribution in [3.63, 3.8) is 0 Å². The molecule has 0 saturated heterocycles. The molecule has 19 heavy (non-hydrogen) atoms. The molecule has 0 radical (unpaired) electrons. The topological polar surface area (TPSA) is 84.6 Å². The van der Waals surface area contributed by atoms with Gasteiger partial charge in [0.2, 0.25) is 0 Å². The number of rotatable bonds is 6. The molecule has 1 aliphatic rings. The highest BCUT2D eigenvalue weighted by atomic mass is 16.5. The lowest BCUT2D eigenvalue weighted by atomic mass is 10.0. The van der Waals surface area contributed by atoms with Gasteiger partial charge in [-0.05, 0) is 49.4 Å². The Bertz CT molecular complexity index is 470. The number of amides is 1. The fourth-order valence-corrected chi connectivity index (χ4v) is 2.19. The normalized spacial score (nSPS) is 15.9. The van der Waals surface area contributed by atoms with Gasteiger partial charge < -0.3 is 20.9 Å². The Kier molecular flexibility index (Phi) is 3.95. The molecule has 0 unspecified atom stereocenters. The lowest BCUT2D eigenvalue weighted by molar-refractivity contribution is 0.0941. The average Bonchev–Trinajstić information content (AvgIpc) is 3.17. The molecule has 4 N–H and O–H groups in total. The zero-order chi connectivity index (χ0) is 13.9. The monoisotopic (exact) mass is 264 g/mol. The Morgan fingerprint density at radius 3 is 2.84 bits per heavy atom. The summed E-state index contributed by atoms with van der Waals surface area (Å²) in [6.45, 7) is 1.25. The highest BCUT2D eigenvalue weighted by molar-refractivity contribution is 5.97. The second-order valence-electron chi connectivity index (χ2n) is 5.10. The van der Waals surface area contributed by atoms with E-state index in [1.807, 2.05) is 0 Å². The zero-order valence-electron chi connectivity index (χ0n) is 11.1. The predicted molar refractivity (Wildman–Crippen MR) is 72.3 cm³/mol. The summed E-state index contributed by atoms with van der Waals surface area (Å²) in [6.07, 6.45) is 3.14. The van der Waals surface area contributed by atoms with Crippen LogP contribution in [0.5, 0.6) is 11.5 Å². The Labute approximate surface area is 112 Å². The Balaban J connectivity index is 2.00. The molecule has 0 atom stereocenters. The largest absolute Gasteiger partial charge is 0.507 e. The molecule has 0 aromatic heterocycles. The summed E-state index contributed by atoms with van der Waals surface area (Å²) in [4.78, 5) is 12.1. The van der Waals surface area contributed by atoms with Crippen LogP contribution in [0.25, 0.3) is 0 Å². The van der Waals surface area contributed by atoms with E-state index in [1.165, 1.54) is 19.2 Å². The number of nitrogens with one attached hydrogen (secondary N) is 1. The van der Waals surface area contributed by atoms with Crippen LogP contribution < -0.4 is 15.8 Å². The standard InChI is InChI=1S/C14H20N2O3/c1-19-10-2-3-12(17)11(8-10)13(18)16-9-14(4-5-14)6-7-15/h2-3,8,17H,4-7,9,15H2,1H3,(H,16,18). The summed E-state index contributed by atoms with van der Waals surface area (Å²) in [5, 5.41) is 12.6. The lowest BCUT2D eigenvalue weighted by Crippen LogP contribution is -2.31. The third-order valence-corrected chi connectivity index (χ3v) is 3.70. The summed E-state index contributed by atoms with van der Waals surface area (Å²) in [7, 11) is 1.52. The van der Waals surface area contributed by atoms with Gasteiger partial charge in [-0.15, -0.1) is 0 Å². The molecule has 104 valence electrons. The molecule has 1 aromatic carbocycles. The van der Waals surface area contributed by atoms with Crippen molar-refractivity contribution in [2.75, 3.05) is 20.2 Å². The molecular weight excluding hydrogens is 244 g/mol. The van der Waals surface area contributed by atoms with E-state index < -0.39 is 0 Å². The quantitative estimate of drug-likeness (QED) is 0.722. The smallest absolute Gasteiger partial charge is 0.255 e. The van der Waals surface area contributed by atoms with Gasteiger partial charge in [-0.1, -0.05) is 0 Å². The number of phenolic OH excluding ortho intramolecular Hbond substituents is 1. The van der Waals surface area contributed by atoms with Gasteiger partial charge in [-0.25, -0.2) is 0 Å². The van der Waals surface area contributed by atoms with E-state index in [0.29, 0.717) is 18.8 Å². The summed E-state index contributed by atoms with van der Waals surface area (Å²) in [5.74, 6) is 0.229. The van der Waals surface area contributed by atoms with Crippen LogP contribution in [-0.4, -0.2) is 31.2 Å². The van der Waals surface area contributed by atoms with Crippen molar-refractivity contribution in [3.8, 4) is 11.5 Å². The van der Waals surface area contributed by atoms with E-state index in [0.717, 1.165) is 19.3 Å². The van der Waals surface area contributed by atoms with E-state index in [4.69, 9.17) is 10.5 Å². The Hall–Kier alpha value is -1.75. The van der Waals surface area contributed by atoms with Crippen molar-refractivity contribution in [3.05, 3.63) is 23.8 Å². The predicted octanol–water partition coefficient (Wildman–Crippen LogP) is 1.26. The summed E-state index contributed by atoms with van der Waals surface area (Å²) >= 11 is 0. The minimum Gasteiger partial charge on any atom is -0.507 e. The first kappa shape index (κ1) is 13.7. The summed E-state index contributed by atoms with van der Waals surface area (Å²) in [6, 6.07) is 4.61. The molecule has 0 spiro atoms. The molecule has 2 rings (SSSR count). The SMILES string of the molecule is COc1ccc(O)c(C(=O)NCC2(CCN)CC2)c1. The van der Waals surface area contributed by atoms with E-state index in [2.05, 4.69) is 5.32 Å². The first-order valence-electron chi connectivity index (χ1n) is 6.45. The number of hydrogen-bond donors (Lipinski definition) is 3. The maximum Gasteiger partial charge on any atom is 0.255 e. The van der Waals surface area contributed by atoms with Gasteiger partial charge in [0.25, 0.3) is 5.91 Å². The maximum absolute atomic E-state index is 12.1. The fourth-order valence-electron chi connectivity index (χ4n) is 2.19. The number of carbonyl (C=O) groups excluding carboxylic acids is 1. The lowest BCUT2D eigenvalue weighted by Gasteiger charge is -2.15. The summed E-state index contributed by atoms with van der Waals surface area (Å²) in [5.41, 5.74) is 5.98. The minimum absolute atomic E-state index is 0.0398. The third-order valence-electron chi connectivity index (χ3n) is 3.70. The first-order valence-corrected chi connectivity index (χ1v) is 6.45. The molecule has 1 fully saturated rings. The van der Waals surface area contributed by atoms with Crippen molar-refractivity contribution in [2.45, 2.75) is 19.3 Å². The molecule has 1 aliphatic carbocycles. The average molecular weight is 264 g/mol. The van der Waals surface area contributed by atoms with E-state index in [-0.39, 0.29) is 22.6 Å². The van der Waals surface area contributed by atoms with Crippen LogP contribution in [-0.2, 0) is 0 Å². The van der Waals surface area contributed by atoms with Gasteiger partial charge in [0, 0.05) is 6.54 Å². The fraction of sp³-hybridized carbons (Fsp3) is 0.500. The highest BCUT2D eigenvalue weighted by Crippen LogP contribution is 2.47. The van der Waals surface area contributed by atoms with Gasteiger partial charge in [0.1, 0.15) is 11.5 Å². The van der Waals surface area contributed by atoms with Gasteiger partial charge >= 0.3 is 0 Å². The number of carbonyl (C=O) groups is 1. The number of nitrogens with two attached hydrogens (primary N) is 1. The van der Waals surface area contributed by atoms with E-state index in [9.17, 15) is 9.90 Å². The van der Waals surface area contributed by atoms with Crippen molar-refractivity contribution >= 4 is 5.91 Å². The summed E-state index contributed by atoms with van der Waals surface area (Å²) < 4.78 is 5.05. The van der Waals surface area contributed by atoms with Crippen LogP contribution in [0.3, 0.4) is 0 Å². The highest BCUT2D eigenvalue weighted by Gasteiger charge is 2.41. The molecule has 1 aromatic rings. The Morgan fingerprint density at radius 2 is 2.26 bits per heavy atom. The number of methoxy groups -OCH3 is 1. The van der Waals surface area contributed by atoms with Crippen molar-refractivity contribution in [2.24, 2.45) is 11.1 Å². The van der Waals surface area contributed by atoms with Crippen molar-refractivity contribution in [1.82, 2.24) is 5.32 Å². The molecule has 1 amide bonds. The second kappa shape index (κ2) is 5.48. The van der Waals surface area contributed by atoms with Gasteiger partial charge in [0.15, 0.2) is 0 Å². The van der Waals surface area contributed by atoms with Crippen LogP contribution in [0.4, 0.5) is 0 Å². The minimum atomic E-state index is -0.278. The van der Waals surface area contributed by atoms with Crippen LogP contribution >= 0.6 is 0 Å². The number of hydrogen-bond acceptors (Lipinski definition) is 4. The zero-order valence-corrected chi connectivity index (χ0v) is 11.1. The molecular formula is C14H20N2O3. The van der Waals surface area contributed by atoms with Crippen LogP contribution in [0.15, 0.2) is 18.2 Å². The molecule has 5 nitrogen and oxygen atoms in total. The van der Waals surface area contributed by atoms with Gasteiger partial charge in [-0.2, -0.15) is 0 Å². The molecule has 0 heterocycles. The molecule has 1 saturated carbocycles. The number of ether oxygens (including phenoxy) is 1. The third kappa shape index (κ3) is 3.17. The van der Waals surface area contributed by atoms with Crippen LogP contribution in [0.1, 0.15) is 29.6 Å². The van der Waals surface area contributed by atoms with Crippen LogP contribution in [0, 0.1) is 5.41 Å². The second-order valence-corrected chi connectivity index (χ2v) is 5.10. The van der Waals surface area contributed by atoms with Gasteiger partial charge in [-0.3, -0.25) is 4.79 Å².